The number of fused-ring (bicyclic) bond motifs is 1. The van der Waals surface area contributed by atoms with E-state index in [1.165, 1.54) is 17.0 Å². The lowest BCUT2D eigenvalue weighted by Crippen LogP contribution is -2.43. The Morgan fingerprint density at radius 1 is 1.19 bits per heavy atom. The average molecular weight is 426 g/mol. The number of rotatable bonds is 7. The lowest BCUT2D eigenvalue weighted by atomic mass is 9.94. The number of hydrazone groups is 1. The predicted molar refractivity (Wildman–Crippen MR) is 115 cm³/mol. The molecule has 11 heteroatoms. The summed E-state index contributed by atoms with van der Waals surface area (Å²) in [5.74, 6) is -2.15. The van der Waals surface area contributed by atoms with E-state index in [9.17, 15) is 0 Å². The van der Waals surface area contributed by atoms with Crippen molar-refractivity contribution in [1.82, 2.24) is 20.5 Å². The van der Waals surface area contributed by atoms with Gasteiger partial charge in [0.2, 0.25) is 5.84 Å². The quantitative estimate of drug-likeness (QED) is 0.654. The maximum absolute atomic E-state index is 15.1. The Hall–Kier alpha value is -3.63. The second-order valence-electron chi connectivity index (χ2n) is 7.06. The summed E-state index contributed by atoms with van der Waals surface area (Å²) in [6.07, 6.45) is 4.82. The molecule has 0 saturated carbocycles. The first-order chi connectivity index (χ1) is 14.9. The normalized spacial score (nSPS) is 17.4. The minimum Gasteiger partial charge on any atom is -0.497 e. The number of halogens is 2. The molecule has 0 aliphatic carbocycles. The van der Waals surface area contributed by atoms with Crippen molar-refractivity contribution >= 4 is 19.5 Å². The van der Waals surface area contributed by atoms with Crippen LogP contribution in [0.4, 0.5) is 14.6 Å². The van der Waals surface area contributed by atoms with Gasteiger partial charge in [-0.05, 0) is 30.3 Å². The molecule has 0 fully saturated rings. The lowest BCUT2D eigenvalue weighted by Gasteiger charge is -2.28. The molecule has 1 unspecified atom stereocenters. The molecule has 0 spiro atoms. The van der Waals surface area contributed by atoms with Gasteiger partial charge in [-0.3, -0.25) is 5.43 Å². The predicted octanol–water partition coefficient (Wildman–Crippen LogP) is 1.79. The van der Waals surface area contributed by atoms with E-state index in [0.29, 0.717) is 23.9 Å². The summed E-state index contributed by atoms with van der Waals surface area (Å²) >= 11 is 0. The molecule has 1 aromatic heterocycles. The van der Waals surface area contributed by atoms with E-state index in [1.54, 1.807) is 32.6 Å². The van der Waals surface area contributed by atoms with Crippen molar-refractivity contribution in [1.29, 1.82) is 0 Å². The fourth-order valence-corrected chi connectivity index (χ4v) is 3.29. The number of amidine groups is 1. The van der Waals surface area contributed by atoms with Crippen LogP contribution >= 0.6 is 0 Å². The van der Waals surface area contributed by atoms with E-state index in [0.717, 1.165) is 11.0 Å². The summed E-state index contributed by atoms with van der Waals surface area (Å²) in [5.41, 5.74) is 3.92. The van der Waals surface area contributed by atoms with Crippen molar-refractivity contribution in [2.24, 2.45) is 5.10 Å². The Morgan fingerprint density at radius 2 is 2.03 bits per heavy atom. The third-order valence-corrected chi connectivity index (χ3v) is 4.95. The second kappa shape index (κ2) is 8.25. The maximum atomic E-state index is 15.1. The van der Waals surface area contributed by atoms with E-state index >= 15 is 8.78 Å². The van der Waals surface area contributed by atoms with Crippen molar-refractivity contribution in [3.05, 3.63) is 65.4 Å². The van der Waals surface area contributed by atoms with Crippen LogP contribution in [0, 0.1) is 0 Å². The summed E-state index contributed by atoms with van der Waals surface area (Å²) in [4.78, 5) is 1.40. The van der Waals surface area contributed by atoms with Gasteiger partial charge in [-0.2, -0.15) is 13.9 Å². The van der Waals surface area contributed by atoms with Crippen molar-refractivity contribution in [2.45, 2.75) is 18.6 Å². The monoisotopic (exact) mass is 426 g/mol. The van der Waals surface area contributed by atoms with Crippen molar-refractivity contribution in [2.75, 3.05) is 19.5 Å². The zero-order valence-electron chi connectivity index (χ0n) is 17.3. The molecule has 2 aliphatic heterocycles. The molecule has 160 valence electrons. The highest BCUT2D eigenvalue weighted by Crippen LogP contribution is 2.33. The van der Waals surface area contributed by atoms with Gasteiger partial charge < -0.3 is 19.7 Å². The molecule has 2 aromatic rings. The Bertz CT molecular complexity index is 1060. The topological polar surface area (TPSA) is 83.9 Å². The summed E-state index contributed by atoms with van der Waals surface area (Å²) in [6, 6.07) is 8.13. The standard InChI is InChI=1S/C20H21BF2N6O2/c1-30-14-5-3-12(15(9-14)31-2)10-24-17-7-6-16(25-26-17)20(22,23)19-28-27-18-8-4-13(21)11-29(18)19/h3-9,11,18,27H,10,21H2,1-2H3,(H,24,26). The number of hydrogen-bond donors (Lipinski definition) is 2. The molecule has 3 heterocycles. The van der Waals surface area contributed by atoms with Gasteiger partial charge in [0.25, 0.3) is 0 Å². The maximum Gasteiger partial charge on any atom is 0.350 e. The first-order valence-corrected chi connectivity index (χ1v) is 9.58. The van der Waals surface area contributed by atoms with Gasteiger partial charge in [-0.15, -0.1) is 10.2 Å². The Kier molecular flexibility index (Phi) is 5.49. The third kappa shape index (κ3) is 4.03. The van der Waals surface area contributed by atoms with Crippen molar-refractivity contribution in [3.63, 3.8) is 0 Å². The molecule has 8 nitrogen and oxygen atoms in total. The van der Waals surface area contributed by atoms with Gasteiger partial charge in [-0.1, -0.05) is 11.5 Å². The molecule has 0 radical (unpaired) electrons. The summed E-state index contributed by atoms with van der Waals surface area (Å²) < 4.78 is 40.7. The van der Waals surface area contributed by atoms with E-state index in [-0.39, 0.29) is 0 Å². The zero-order chi connectivity index (χ0) is 22.0. The van der Waals surface area contributed by atoms with Crippen molar-refractivity contribution in [3.8, 4) is 11.5 Å². The fourth-order valence-electron chi connectivity index (χ4n) is 3.29. The molecule has 0 saturated heterocycles. The van der Waals surface area contributed by atoms with Gasteiger partial charge in [0.15, 0.2) is 0 Å². The van der Waals surface area contributed by atoms with Crippen LogP contribution in [0.5, 0.6) is 11.5 Å². The van der Waals surface area contributed by atoms with E-state index in [1.807, 2.05) is 26.1 Å². The molecular formula is C20H21BF2N6O2. The number of nitrogens with zero attached hydrogens (tertiary/aromatic N) is 4. The molecule has 0 bridgehead atoms. The van der Waals surface area contributed by atoms with Crippen LogP contribution in [0.1, 0.15) is 11.3 Å². The number of nitrogens with one attached hydrogen (secondary N) is 2. The third-order valence-electron chi connectivity index (χ3n) is 4.95. The number of methoxy groups -OCH3 is 2. The van der Waals surface area contributed by atoms with E-state index in [2.05, 4.69) is 26.0 Å². The molecule has 31 heavy (non-hydrogen) atoms. The first-order valence-electron chi connectivity index (χ1n) is 9.58. The van der Waals surface area contributed by atoms with E-state index < -0.39 is 23.6 Å². The molecule has 4 rings (SSSR count). The highest BCUT2D eigenvalue weighted by molar-refractivity contribution is 6.23. The van der Waals surface area contributed by atoms with Gasteiger partial charge in [0, 0.05) is 24.4 Å². The van der Waals surface area contributed by atoms with Crippen LogP contribution < -0.4 is 20.2 Å². The van der Waals surface area contributed by atoms with Crippen LogP contribution in [-0.2, 0) is 12.5 Å². The minimum absolute atomic E-state index is 0.360. The number of ether oxygens (including phenoxy) is 2. The molecule has 2 aliphatic rings. The Morgan fingerprint density at radius 3 is 2.74 bits per heavy atom. The molecule has 2 N–H and O–H groups in total. The minimum atomic E-state index is -3.41. The number of allylic oxidation sites excluding steroid dienone is 2. The highest BCUT2D eigenvalue weighted by Gasteiger charge is 2.47. The molecule has 1 aromatic carbocycles. The molecular weight excluding hydrogens is 405 g/mol. The number of benzene rings is 1. The van der Waals surface area contributed by atoms with Gasteiger partial charge in [0.1, 0.15) is 37.0 Å². The van der Waals surface area contributed by atoms with Crippen LogP contribution in [0.2, 0.25) is 0 Å². The number of anilines is 1. The summed E-state index contributed by atoms with van der Waals surface area (Å²) in [7, 11) is 4.97. The van der Waals surface area contributed by atoms with Gasteiger partial charge in [0.05, 0.1) is 14.2 Å². The van der Waals surface area contributed by atoms with Crippen molar-refractivity contribution < 1.29 is 18.3 Å². The smallest absolute Gasteiger partial charge is 0.350 e. The number of hydrogen-bond acceptors (Lipinski definition) is 8. The Labute approximate surface area is 179 Å². The van der Waals surface area contributed by atoms with E-state index in [4.69, 9.17) is 9.47 Å². The van der Waals surface area contributed by atoms with Gasteiger partial charge in [-0.25, -0.2) is 0 Å². The molecule has 0 amide bonds. The number of alkyl halides is 2. The Balaban J connectivity index is 1.46. The second-order valence-corrected chi connectivity index (χ2v) is 7.06. The summed E-state index contributed by atoms with van der Waals surface area (Å²) in [6.45, 7) is 0.375. The SMILES string of the molecule is BC1=CN2C(C(F)(F)c3ccc(NCc4ccc(OC)cc4OC)nn3)=NNC2C=C1. The average Bonchev–Trinajstić information content (AvgIpc) is 3.21. The summed E-state index contributed by atoms with van der Waals surface area (Å²) in [5, 5.41) is 14.6. The van der Waals surface area contributed by atoms with Crippen LogP contribution in [0.15, 0.2) is 59.3 Å². The largest absolute Gasteiger partial charge is 0.497 e. The zero-order valence-corrected chi connectivity index (χ0v) is 17.3. The molecule has 1 atom stereocenters. The number of aromatic nitrogens is 2. The fraction of sp³-hybridized carbons (Fsp3) is 0.250. The van der Waals surface area contributed by atoms with Crippen LogP contribution in [0.25, 0.3) is 0 Å². The highest BCUT2D eigenvalue weighted by atomic mass is 19.3. The van der Waals surface area contributed by atoms with Gasteiger partial charge >= 0.3 is 5.92 Å². The van der Waals surface area contributed by atoms with Crippen LogP contribution in [0.3, 0.4) is 0 Å². The lowest BCUT2D eigenvalue weighted by molar-refractivity contribution is 0.0588. The first kappa shape index (κ1) is 20.6. The van der Waals surface area contributed by atoms with Crippen LogP contribution in [-0.4, -0.2) is 49.2 Å².